The van der Waals surface area contributed by atoms with Gasteiger partial charge >= 0.3 is 6.18 Å². The summed E-state index contributed by atoms with van der Waals surface area (Å²) in [4.78, 5) is 60.8. The Morgan fingerprint density at radius 2 is 1.59 bits per heavy atom. The number of amides is 3. The van der Waals surface area contributed by atoms with Crippen molar-refractivity contribution in [2.45, 2.75) is 57.2 Å². The van der Waals surface area contributed by atoms with Crippen molar-refractivity contribution in [2.24, 2.45) is 5.92 Å². The molecule has 2 aliphatic heterocycles. The number of anilines is 3. The Morgan fingerprint density at radius 1 is 0.909 bits per heavy atom. The van der Waals surface area contributed by atoms with Crippen LogP contribution >= 0.6 is 0 Å². The van der Waals surface area contributed by atoms with Gasteiger partial charge in [-0.05, 0) is 104 Å². The maximum atomic E-state index is 13.5. The fourth-order valence-electron chi connectivity index (χ4n) is 9.11. The molecule has 6 aromatic rings. The molecule has 3 amide bonds. The van der Waals surface area contributed by atoms with Crippen molar-refractivity contribution in [3.05, 3.63) is 102 Å². The third kappa shape index (κ3) is 9.45. The van der Waals surface area contributed by atoms with Crippen LogP contribution in [0.15, 0.2) is 83.6 Å². The summed E-state index contributed by atoms with van der Waals surface area (Å²) in [7, 11) is 1.95. The van der Waals surface area contributed by atoms with Crippen LogP contribution in [0.3, 0.4) is 0 Å². The fraction of sp³-hybridized carbons (Fsp3) is 0.396. The summed E-state index contributed by atoms with van der Waals surface area (Å²) in [6.45, 7) is 9.77. The summed E-state index contributed by atoms with van der Waals surface area (Å²) < 4.78 is 45.3. The highest BCUT2D eigenvalue weighted by atomic mass is 19.4. The number of benzene rings is 3. The van der Waals surface area contributed by atoms with Crippen LogP contribution in [0.2, 0.25) is 0 Å². The number of rotatable bonds is 15. The Hall–Kier alpha value is -6.82. The number of aromatic amines is 1. The average molecular weight is 904 g/mol. The minimum absolute atomic E-state index is 0.119. The van der Waals surface area contributed by atoms with E-state index in [4.69, 9.17) is 4.52 Å². The number of hydrogen-bond donors (Lipinski definition) is 3. The Labute approximate surface area is 379 Å². The predicted octanol–water partition coefficient (Wildman–Crippen LogP) is 6.64. The zero-order valence-corrected chi connectivity index (χ0v) is 36.9. The highest BCUT2D eigenvalue weighted by Gasteiger charge is 2.68. The second kappa shape index (κ2) is 18.6. The monoisotopic (exact) mass is 903 g/mol. The molecule has 18 heteroatoms. The molecule has 15 nitrogen and oxygen atoms in total. The number of nitrogens with zero attached hydrogens (tertiary/aromatic N) is 8. The summed E-state index contributed by atoms with van der Waals surface area (Å²) >= 11 is 0. The van der Waals surface area contributed by atoms with Gasteiger partial charge in [-0.15, -0.1) is 0 Å². The van der Waals surface area contributed by atoms with Gasteiger partial charge in [0.2, 0.25) is 18.2 Å². The van der Waals surface area contributed by atoms with Gasteiger partial charge in [0.25, 0.3) is 11.7 Å². The predicted molar refractivity (Wildman–Crippen MR) is 244 cm³/mol. The molecule has 0 bridgehead atoms. The molecule has 0 spiro atoms. The quantitative estimate of drug-likeness (QED) is 0.0941. The Morgan fingerprint density at radius 3 is 2.26 bits per heavy atom. The minimum atomic E-state index is -4.52. The van der Waals surface area contributed by atoms with E-state index >= 15 is 0 Å². The van der Waals surface area contributed by atoms with Crippen LogP contribution in [-0.4, -0.2) is 114 Å². The maximum absolute atomic E-state index is 13.5. The van der Waals surface area contributed by atoms with E-state index in [1.54, 1.807) is 0 Å². The number of aryl methyl sites for hydroxylation is 1. The normalized spacial score (nSPS) is 16.6. The van der Waals surface area contributed by atoms with Gasteiger partial charge in [0.15, 0.2) is 0 Å². The number of hydrogen-bond acceptors (Lipinski definition) is 12. The largest absolute Gasteiger partial charge is 0.403 e. The van der Waals surface area contributed by atoms with Gasteiger partial charge in [-0.2, -0.15) is 18.2 Å². The number of halogens is 3. The van der Waals surface area contributed by atoms with Crippen molar-refractivity contribution >= 4 is 46.3 Å². The molecule has 0 radical (unpaired) electrons. The van der Waals surface area contributed by atoms with Gasteiger partial charge in [0, 0.05) is 106 Å². The number of H-pyrrole nitrogens is 1. The number of imide groups is 1. The van der Waals surface area contributed by atoms with Crippen LogP contribution in [0, 0.1) is 12.8 Å². The lowest BCUT2D eigenvalue weighted by atomic mass is 9.95. The van der Waals surface area contributed by atoms with Crippen LogP contribution in [0.5, 0.6) is 0 Å². The van der Waals surface area contributed by atoms with Crippen LogP contribution in [0.1, 0.15) is 59.7 Å². The smallest absolute Gasteiger partial charge is 0.374 e. The summed E-state index contributed by atoms with van der Waals surface area (Å²) in [5.41, 5.74) is 7.32. The molecule has 66 heavy (non-hydrogen) atoms. The van der Waals surface area contributed by atoms with Gasteiger partial charge in [0.1, 0.15) is 17.4 Å². The van der Waals surface area contributed by atoms with Gasteiger partial charge < -0.3 is 29.5 Å². The van der Waals surface area contributed by atoms with E-state index in [0.29, 0.717) is 24.5 Å². The van der Waals surface area contributed by atoms with E-state index in [0.717, 1.165) is 103 Å². The summed E-state index contributed by atoms with van der Waals surface area (Å²) in [5, 5.41) is 9.26. The lowest BCUT2D eigenvalue weighted by Crippen LogP contribution is -2.49. The number of piperazine rings is 1. The molecule has 1 aliphatic carbocycles. The van der Waals surface area contributed by atoms with Crippen LogP contribution in [0.4, 0.5) is 30.2 Å². The minimum Gasteiger partial charge on any atom is -0.374 e. The molecule has 0 unspecified atom stereocenters. The molecule has 344 valence electrons. The first kappa shape index (κ1) is 44.4. The van der Waals surface area contributed by atoms with E-state index in [-0.39, 0.29) is 31.7 Å². The Kier molecular flexibility index (Phi) is 12.5. The number of carbonyl (C=O) groups excluding carboxylic acids is 3. The number of alkyl halides is 3. The third-order valence-corrected chi connectivity index (χ3v) is 13.4. The number of fused-ring (bicyclic) bond motifs is 1. The lowest BCUT2D eigenvalue weighted by Gasteiger charge is -2.40. The summed E-state index contributed by atoms with van der Waals surface area (Å²) in [5.74, 6) is -1.32. The van der Waals surface area contributed by atoms with Crippen LogP contribution in [0.25, 0.3) is 33.5 Å². The Balaban J connectivity index is 0.746. The highest BCUT2D eigenvalue weighted by Crippen LogP contribution is 2.58. The number of piperidine rings is 1. The molecule has 3 aromatic heterocycles. The first-order valence-corrected chi connectivity index (χ1v) is 22.4. The third-order valence-electron chi connectivity index (χ3n) is 13.4. The van der Waals surface area contributed by atoms with E-state index in [1.165, 1.54) is 17.7 Å². The highest BCUT2D eigenvalue weighted by molar-refractivity contribution is 5.94. The SMILES string of the molecule is Cc1cc(-c2ncnc3[nH]c(-c4ccc(N5CCN(CC6CCN(c7ccc(N(C)CCC(=O)NC=O)cc7)CC6)CC5)cc4)cc23)ccc1CNC(=O)c1noc(C2(C(F)(F)F)CC2)n1. The van der Waals surface area contributed by atoms with E-state index in [1.807, 2.05) is 37.1 Å². The van der Waals surface area contributed by atoms with Crippen molar-refractivity contribution < 1.29 is 32.1 Å². The second-order valence-electron chi connectivity index (χ2n) is 17.6. The molecule has 1 saturated carbocycles. The molecule has 3 fully saturated rings. The van der Waals surface area contributed by atoms with Crippen LogP contribution in [-0.2, 0) is 21.5 Å². The van der Waals surface area contributed by atoms with Gasteiger partial charge in [-0.25, -0.2) is 9.97 Å². The van der Waals surface area contributed by atoms with Gasteiger partial charge in [0.05, 0.1) is 5.69 Å². The lowest BCUT2D eigenvalue weighted by molar-refractivity contribution is -0.166. The fourth-order valence-corrected chi connectivity index (χ4v) is 9.11. The molecule has 3 aliphatic rings. The molecule has 9 rings (SSSR count). The van der Waals surface area contributed by atoms with E-state index < -0.39 is 29.2 Å². The Bertz CT molecular complexity index is 2680. The standard InChI is InChI=1S/C48H52F3N11O4/c1-31-25-34(3-4-35(31)27-52-45(65)44-57-46(66-58-44)47(16-17-47)48(49,50)51)42-39-26-40(56-43(39)54-29-53-42)33-5-7-37(8-6-33)62-23-21-60(22-24-62)28-32-13-19-61(20-14-32)38-11-9-36(10-12-38)59(2)18-15-41(64)55-30-63/h3-12,25-26,29-30,32H,13-24,27-28H2,1-2H3,(H,52,65)(H,53,54,56)(H,55,63,64). The molecule has 2 saturated heterocycles. The average Bonchev–Trinajstić information content (AvgIpc) is 3.80. The molecular formula is C48H52F3N11O4. The molecule has 3 N–H and O–H groups in total. The molecule has 5 heterocycles. The van der Waals surface area contributed by atoms with Crippen molar-refractivity contribution in [3.8, 4) is 22.5 Å². The van der Waals surface area contributed by atoms with E-state index in [2.05, 4.69) is 105 Å². The number of carbonyl (C=O) groups is 3. The van der Waals surface area contributed by atoms with Crippen LogP contribution < -0.4 is 25.3 Å². The van der Waals surface area contributed by atoms with Gasteiger partial charge in [-0.3, -0.25) is 24.6 Å². The van der Waals surface area contributed by atoms with Crippen molar-refractivity contribution in [1.29, 1.82) is 0 Å². The van der Waals surface area contributed by atoms with Crippen molar-refractivity contribution in [1.82, 2.24) is 40.6 Å². The van der Waals surface area contributed by atoms with Crippen molar-refractivity contribution in [3.63, 3.8) is 0 Å². The summed E-state index contributed by atoms with van der Waals surface area (Å²) in [6, 6.07) is 25.0. The molecule has 0 atom stereocenters. The number of nitrogens with one attached hydrogen (secondary N) is 3. The molecule has 3 aromatic carbocycles. The number of aromatic nitrogens is 5. The first-order chi connectivity index (χ1) is 31.9. The topological polar surface area (TPSA) is 169 Å². The van der Waals surface area contributed by atoms with E-state index in [9.17, 15) is 27.6 Å². The zero-order valence-electron chi connectivity index (χ0n) is 36.9. The maximum Gasteiger partial charge on any atom is 0.403 e. The van der Waals surface area contributed by atoms with Crippen molar-refractivity contribution in [2.75, 3.05) is 74.1 Å². The summed E-state index contributed by atoms with van der Waals surface area (Å²) in [6.07, 6.45) is -0.251. The molecular weight excluding hydrogens is 852 g/mol. The zero-order chi connectivity index (χ0) is 46.0. The first-order valence-electron chi connectivity index (χ1n) is 22.4. The van der Waals surface area contributed by atoms with Gasteiger partial charge in [-0.1, -0.05) is 29.4 Å². The second-order valence-corrected chi connectivity index (χ2v) is 17.6.